The third-order valence-electron chi connectivity index (χ3n) is 4.42. The highest BCUT2D eigenvalue weighted by Gasteiger charge is 2.23. The van der Waals surface area contributed by atoms with Gasteiger partial charge >= 0.3 is 6.03 Å². The van der Waals surface area contributed by atoms with Crippen LogP contribution in [0.3, 0.4) is 0 Å². The molecule has 1 heterocycles. The fraction of sp³-hybridized carbons (Fsp3) is 0.929. The third kappa shape index (κ3) is 4.66. The van der Waals surface area contributed by atoms with E-state index in [1.54, 1.807) is 0 Å². The molecule has 5 heteroatoms. The van der Waals surface area contributed by atoms with Gasteiger partial charge in [-0.15, -0.1) is 0 Å². The maximum atomic E-state index is 11.9. The van der Waals surface area contributed by atoms with Crippen LogP contribution in [0.4, 0.5) is 4.79 Å². The van der Waals surface area contributed by atoms with Crippen molar-refractivity contribution < 1.29 is 4.79 Å². The highest BCUT2D eigenvalue weighted by Crippen LogP contribution is 2.17. The molecule has 1 aliphatic carbocycles. The Morgan fingerprint density at radius 3 is 2.63 bits per heavy atom. The molecule has 5 nitrogen and oxygen atoms in total. The van der Waals surface area contributed by atoms with Gasteiger partial charge in [-0.05, 0) is 26.9 Å². The van der Waals surface area contributed by atoms with Gasteiger partial charge in [-0.2, -0.15) is 0 Å². The summed E-state index contributed by atoms with van der Waals surface area (Å²) in [6.07, 6.45) is 6.10. The molecule has 2 N–H and O–H groups in total. The van der Waals surface area contributed by atoms with Crippen LogP contribution in [0.5, 0.6) is 0 Å². The summed E-state index contributed by atoms with van der Waals surface area (Å²) < 4.78 is 0. The second kappa shape index (κ2) is 7.10. The summed E-state index contributed by atoms with van der Waals surface area (Å²) in [6, 6.07) is 0.824. The number of piperazine rings is 1. The highest BCUT2D eigenvalue weighted by molar-refractivity contribution is 5.74. The predicted octanol–water partition coefficient (Wildman–Crippen LogP) is 0.864. The van der Waals surface area contributed by atoms with Crippen molar-refractivity contribution in [1.82, 2.24) is 20.4 Å². The van der Waals surface area contributed by atoms with Gasteiger partial charge in [-0.1, -0.05) is 19.3 Å². The number of rotatable bonds is 3. The van der Waals surface area contributed by atoms with Crippen LogP contribution in [0, 0.1) is 0 Å². The lowest BCUT2D eigenvalue weighted by molar-refractivity contribution is 0.114. The van der Waals surface area contributed by atoms with E-state index >= 15 is 0 Å². The summed E-state index contributed by atoms with van der Waals surface area (Å²) in [5.74, 6) is 0. The predicted molar refractivity (Wildman–Crippen MR) is 77.3 cm³/mol. The molecule has 0 spiro atoms. The maximum Gasteiger partial charge on any atom is 0.315 e. The molecule has 1 atom stereocenters. The quantitative estimate of drug-likeness (QED) is 0.798. The van der Waals surface area contributed by atoms with E-state index in [-0.39, 0.29) is 6.03 Å². The first-order valence-electron chi connectivity index (χ1n) is 7.58. The van der Waals surface area contributed by atoms with Gasteiger partial charge in [0.1, 0.15) is 0 Å². The monoisotopic (exact) mass is 268 g/mol. The lowest BCUT2D eigenvalue weighted by atomic mass is 9.96. The van der Waals surface area contributed by atoms with Crippen LogP contribution in [-0.4, -0.2) is 68.2 Å². The number of nitrogens with one attached hydrogen (secondary N) is 2. The van der Waals surface area contributed by atoms with Gasteiger partial charge < -0.3 is 15.5 Å². The van der Waals surface area contributed by atoms with Crippen LogP contribution < -0.4 is 10.6 Å². The van der Waals surface area contributed by atoms with Gasteiger partial charge in [-0.25, -0.2) is 4.79 Å². The molecule has 0 radical (unpaired) electrons. The minimum atomic E-state index is 0.00789. The second-order valence-electron chi connectivity index (χ2n) is 6.09. The van der Waals surface area contributed by atoms with E-state index in [1.807, 2.05) is 0 Å². The molecule has 1 unspecified atom stereocenters. The Morgan fingerprint density at radius 1 is 1.16 bits per heavy atom. The van der Waals surface area contributed by atoms with Crippen molar-refractivity contribution in [2.45, 2.75) is 44.2 Å². The van der Waals surface area contributed by atoms with Crippen LogP contribution in [-0.2, 0) is 0 Å². The lowest BCUT2D eigenvalue weighted by Crippen LogP contribution is -2.55. The van der Waals surface area contributed by atoms with Gasteiger partial charge in [0.25, 0.3) is 0 Å². The molecule has 0 aromatic heterocycles. The van der Waals surface area contributed by atoms with Crippen LogP contribution in [0.25, 0.3) is 0 Å². The number of hydrogen-bond donors (Lipinski definition) is 2. The summed E-state index contributed by atoms with van der Waals surface area (Å²) in [6.45, 7) is 3.95. The number of amides is 2. The van der Waals surface area contributed by atoms with E-state index in [4.69, 9.17) is 0 Å². The Labute approximate surface area is 116 Å². The largest absolute Gasteiger partial charge is 0.337 e. The van der Waals surface area contributed by atoms with E-state index in [0.29, 0.717) is 12.1 Å². The van der Waals surface area contributed by atoms with E-state index < -0.39 is 0 Å². The molecule has 2 aliphatic rings. The normalized spacial score (nSPS) is 27.2. The summed E-state index contributed by atoms with van der Waals surface area (Å²) in [5.41, 5.74) is 0. The van der Waals surface area contributed by atoms with Crippen molar-refractivity contribution >= 4 is 6.03 Å². The lowest BCUT2D eigenvalue weighted by Gasteiger charge is -2.37. The Hall–Kier alpha value is -0.810. The zero-order chi connectivity index (χ0) is 13.7. The molecule has 0 aromatic rings. The first kappa shape index (κ1) is 14.6. The van der Waals surface area contributed by atoms with Crippen molar-refractivity contribution in [2.75, 3.05) is 40.3 Å². The molecule has 2 rings (SSSR count). The first-order valence-corrected chi connectivity index (χ1v) is 7.58. The van der Waals surface area contributed by atoms with Crippen LogP contribution in [0.1, 0.15) is 32.1 Å². The Bertz CT molecular complexity index is 291. The number of urea groups is 1. The topological polar surface area (TPSA) is 47.6 Å². The summed E-state index contributed by atoms with van der Waals surface area (Å²) in [5, 5.41) is 6.13. The van der Waals surface area contributed by atoms with E-state index in [1.165, 1.54) is 19.3 Å². The van der Waals surface area contributed by atoms with Crippen molar-refractivity contribution in [3.63, 3.8) is 0 Å². The number of carbonyl (C=O) groups is 1. The molecule has 2 fully saturated rings. The van der Waals surface area contributed by atoms with Gasteiger partial charge in [0.2, 0.25) is 0 Å². The zero-order valence-electron chi connectivity index (χ0n) is 12.3. The molecular weight excluding hydrogens is 240 g/mol. The molecule has 110 valence electrons. The van der Waals surface area contributed by atoms with Gasteiger partial charge in [0.15, 0.2) is 0 Å². The van der Waals surface area contributed by atoms with E-state index in [9.17, 15) is 4.79 Å². The Balaban J connectivity index is 1.67. The van der Waals surface area contributed by atoms with Crippen LogP contribution >= 0.6 is 0 Å². The standard InChI is InChI=1S/C14H28N4O/c1-17-8-9-18(2)13(11-17)10-15-14(19)16-12-6-4-3-5-7-12/h12-13H,3-11H2,1-2H3,(H2,15,16,19). The SMILES string of the molecule is CN1CCN(C)C(CNC(=O)NC2CCCCC2)C1. The van der Waals surface area contributed by atoms with Crippen molar-refractivity contribution in [2.24, 2.45) is 0 Å². The zero-order valence-corrected chi connectivity index (χ0v) is 12.3. The van der Waals surface area contributed by atoms with E-state index in [2.05, 4.69) is 34.5 Å². The average molecular weight is 268 g/mol. The molecule has 0 aromatic carbocycles. The molecule has 2 amide bonds. The number of hydrogen-bond acceptors (Lipinski definition) is 3. The van der Waals surface area contributed by atoms with Gasteiger partial charge in [-0.3, -0.25) is 4.90 Å². The fourth-order valence-electron chi connectivity index (χ4n) is 3.02. The molecule has 1 saturated carbocycles. The minimum Gasteiger partial charge on any atom is -0.337 e. The highest BCUT2D eigenvalue weighted by atomic mass is 16.2. The fourth-order valence-corrected chi connectivity index (χ4v) is 3.02. The molecular formula is C14H28N4O. The Kier molecular flexibility index (Phi) is 5.45. The molecule has 1 aliphatic heterocycles. The third-order valence-corrected chi connectivity index (χ3v) is 4.42. The average Bonchev–Trinajstić information content (AvgIpc) is 2.41. The van der Waals surface area contributed by atoms with Crippen LogP contribution in [0.15, 0.2) is 0 Å². The smallest absolute Gasteiger partial charge is 0.315 e. The number of nitrogens with zero attached hydrogens (tertiary/aromatic N) is 2. The van der Waals surface area contributed by atoms with Crippen molar-refractivity contribution in [1.29, 1.82) is 0 Å². The summed E-state index contributed by atoms with van der Waals surface area (Å²) >= 11 is 0. The summed E-state index contributed by atoms with van der Waals surface area (Å²) in [7, 11) is 4.28. The molecule has 19 heavy (non-hydrogen) atoms. The number of carbonyl (C=O) groups excluding carboxylic acids is 1. The maximum absolute atomic E-state index is 11.9. The molecule has 1 saturated heterocycles. The second-order valence-corrected chi connectivity index (χ2v) is 6.09. The molecule has 0 bridgehead atoms. The number of likely N-dealkylation sites (N-methyl/N-ethyl adjacent to an activating group) is 2. The summed E-state index contributed by atoms with van der Waals surface area (Å²) in [4.78, 5) is 16.5. The first-order chi connectivity index (χ1) is 9.15. The van der Waals surface area contributed by atoms with E-state index in [0.717, 1.165) is 39.0 Å². The van der Waals surface area contributed by atoms with Crippen LogP contribution in [0.2, 0.25) is 0 Å². The van der Waals surface area contributed by atoms with Crippen molar-refractivity contribution in [3.8, 4) is 0 Å². The Morgan fingerprint density at radius 2 is 1.89 bits per heavy atom. The minimum absolute atomic E-state index is 0.00789. The van der Waals surface area contributed by atoms with Gasteiger partial charge in [0, 0.05) is 38.3 Å². The van der Waals surface area contributed by atoms with Crippen molar-refractivity contribution in [3.05, 3.63) is 0 Å². The van der Waals surface area contributed by atoms with Gasteiger partial charge in [0.05, 0.1) is 0 Å².